The number of hydrogen-bond donors (Lipinski definition) is 2. The molecule has 2 heterocycles. The number of rotatable bonds is 6. The molecule has 0 bridgehead atoms. The van der Waals surface area contributed by atoms with E-state index in [2.05, 4.69) is 20.2 Å². The lowest BCUT2D eigenvalue weighted by molar-refractivity contribution is -0.114. The minimum absolute atomic E-state index is 0.106. The first kappa shape index (κ1) is 22.1. The highest BCUT2D eigenvalue weighted by Gasteiger charge is 2.36. The van der Waals surface area contributed by atoms with Crippen molar-refractivity contribution in [1.29, 1.82) is 0 Å². The molecule has 1 aromatic heterocycles. The number of amides is 1. The number of nitrogens with zero attached hydrogens (tertiary/aromatic N) is 3. The van der Waals surface area contributed by atoms with Gasteiger partial charge in [0.2, 0.25) is 27.6 Å². The zero-order valence-corrected chi connectivity index (χ0v) is 18.3. The van der Waals surface area contributed by atoms with E-state index in [9.17, 15) is 17.6 Å². The molecule has 32 heavy (non-hydrogen) atoms. The largest absolute Gasteiger partial charge is 0.337 e. The number of benzene rings is 2. The van der Waals surface area contributed by atoms with Crippen molar-refractivity contribution < 1.29 is 22.1 Å². The maximum atomic E-state index is 13.1. The van der Waals surface area contributed by atoms with Crippen LogP contribution in [0, 0.1) is 5.82 Å². The quantitative estimate of drug-likeness (QED) is 0.582. The molecule has 168 valence electrons. The molecule has 0 spiro atoms. The Morgan fingerprint density at radius 3 is 2.50 bits per heavy atom. The molecular weight excluding hydrogens is 437 g/mol. The molecule has 11 heteroatoms. The van der Waals surface area contributed by atoms with Gasteiger partial charge >= 0.3 is 0 Å². The van der Waals surface area contributed by atoms with Gasteiger partial charge in [-0.05, 0) is 62.0 Å². The maximum Gasteiger partial charge on any atom is 0.244 e. The Morgan fingerprint density at radius 1 is 1.16 bits per heavy atom. The van der Waals surface area contributed by atoms with Gasteiger partial charge < -0.3 is 9.84 Å². The summed E-state index contributed by atoms with van der Waals surface area (Å²) in [5.74, 6) is 0.125. The molecule has 1 aliphatic rings. The van der Waals surface area contributed by atoms with Crippen LogP contribution in [0.4, 0.5) is 10.1 Å². The van der Waals surface area contributed by atoms with Crippen molar-refractivity contribution in [3.8, 4) is 11.4 Å². The summed E-state index contributed by atoms with van der Waals surface area (Å²) >= 11 is 0. The fourth-order valence-corrected chi connectivity index (χ4v) is 4.91. The molecule has 1 fully saturated rings. The van der Waals surface area contributed by atoms with Gasteiger partial charge in [0.1, 0.15) is 5.82 Å². The van der Waals surface area contributed by atoms with Crippen LogP contribution in [0.2, 0.25) is 0 Å². The van der Waals surface area contributed by atoms with Crippen molar-refractivity contribution in [3.63, 3.8) is 0 Å². The number of likely N-dealkylation sites (N-methyl/N-ethyl adjacent to an activating group) is 1. The van der Waals surface area contributed by atoms with Crippen molar-refractivity contribution in [2.45, 2.75) is 30.3 Å². The van der Waals surface area contributed by atoms with Gasteiger partial charge in [0.05, 0.1) is 10.9 Å². The highest BCUT2D eigenvalue weighted by atomic mass is 32.2. The van der Waals surface area contributed by atoms with E-state index >= 15 is 0 Å². The summed E-state index contributed by atoms with van der Waals surface area (Å²) in [5, 5.41) is 6.57. The molecule has 1 saturated heterocycles. The molecule has 2 atom stereocenters. The summed E-state index contributed by atoms with van der Waals surface area (Å²) in [6.07, 6.45) is 0.449. The predicted molar refractivity (Wildman–Crippen MR) is 115 cm³/mol. The zero-order chi connectivity index (χ0) is 22.9. The number of nitrogens with one attached hydrogen (secondary N) is 2. The number of anilines is 1. The van der Waals surface area contributed by atoms with Gasteiger partial charge in [0.15, 0.2) is 0 Å². The third-order valence-electron chi connectivity index (χ3n) is 5.18. The third kappa shape index (κ3) is 4.85. The summed E-state index contributed by atoms with van der Waals surface area (Å²) in [6, 6.07) is 11.1. The average Bonchev–Trinajstić information content (AvgIpc) is 3.35. The third-order valence-corrected chi connectivity index (χ3v) is 6.72. The lowest BCUT2D eigenvalue weighted by atomic mass is 10.2. The number of likely N-dealkylation sites (tertiary alicyclic amines) is 1. The van der Waals surface area contributed by atoms with Crippen LogP contribution < -0.4 is 10.0 Å². The fourth-order valence-electron chi connectivity index (χ4n) is 3.67. The Hall–Kier alpha value is -3.15. The van der Waals surface area contributed by atoms with Crippen LogP contribution in [0.3, 0.4) is 0 Å². The van der Waals surface area contributed by atoms with Gasteiger partial charge in [0.25, 0.3) is 0 Å². The van der Waals surface area contributed by atoms with Crippen LogP contribution >= 0.6 is 0 Å². The summed E-state index contributed by atoms with van der Waals surface area (Å²) < 4.78 is 46.8. The smallest absolute Gasteiger partial charge is 0.244 e. The topological polar surface area (TPSA) is 117 Å². The fraction of sp³-hybridized carbons (Fsp3) is 0.286. The van der Waals surface area contributed by atoms with Crippen LogP contribution in [0.15, 0.2) is 57.9 Å². The van der Waals surface area contributed by atoms with Crippen molar-refractivity contribution in [1.82, 2.24) is 19.8 Å². The van der Waals surface area contributed by atoms with Crippen molar-refractivity contribution in [2.75, 3.05) is 18.9 Å². The Morgan fingerprint density at radius 2 is 1.84 bits per heavy atom. The first-order chi connectivity index (χ1) is 15.2. The van der Waals surface area contributed by atoms with Crippen LogP contribution in [0.1, 0.15) is 25.3 Å². The van der Waals surface area contributed by atoms with Gasteiger partial charge in [-0.3, -0.25) is 9.69 Å². The number of aromatic nitrogens is 2. The Labute approximate surface area is 184 Å². The van der Waals surface area contributed by atoms with Crippen molar-refractivity contribution in [3.05, 3.63) is 60.2 Å². The normalized spacial score (nSPS) is 19.2. The minimum atomic E-state index is -3.75. The van der Waals surface area contributed by atoms with E-state index in [1.807, 2.05) is 11.9 Å². The monoisotopic (exact) mass is 459 g/mol. The number of carbonyl (C=O) groups is 1. The van der Waals surface area contributed by atoms with Crippen LogP contribution in [0.25, 0.3) is 11.4 Å². The SMILES string of the molecule is CC(=O)Nc1ccc(S(=O)(=O)N[C@@H]2C[C@@H](c3nc(-c4ccc(F)cc4)no3)N(C)C2)cc1. The number of carbonyl (C=O) groups excluding carboxylic acids is 1. The first-order valence-electron chi connectivity index (χ1n) is 9.91. The summed E-state index contributed by atoms with van der Waals surface area (Å²) in [7, 11) is -1.90. The molecule has 0 unspecified atom stereocenters. The zero-order valence-electron chi connectivity index (χ0n) is 17.4. The molecule has 0 saturated carbocycles. The molecule has 0 aliphatic carbocycles. The molecule has 0 radical (unpaired) electrons. The average molecular weight is 460 g/mol. The second-order valence-electron chi connectivity index (χ2n) is 7.68. The van der Waals surface area contributed by atoms with Gasteiger partial charge in [-0.15, -0.1) is 0 Å². The second kappa shape index (κ2) is 8.77. The summed E-state index contributed by atoms with van der Waals surface area (Å²) in [6.45, 7) is 1.84. The first-order valence-corrected chi connectivity index (χ1v) is 11.4. The van der Waals surface area contributed by atoms with E-state index in [4.69, 9.17) is 4.52 Å². The molecule has 1 aliphatic heterocycles. The van der Waals surface area contributed by atoms with Crippen molar-refractivity contribution >= 4 is 21.6 Å². The van der Waals surface area contributed by atoms with E-state index < -0.39 is 10.0 Å². The summed E-state index contributed by atoms with van der Waals surface area (Å²) in [5.41, 5.74) is 1.15. The van der Waals surface area contributed by atoms with E-state index in [-0.39, 0.29) is 28.7 Å². The molecule has 4 rings (SSSR count). The van der Waals surface area contributed by atoms with E-state index in [1.54, 1.807) is 12.1 Å². The van der Waals surface area contributed by atoms with Crippen LogP contribution in [-0.4, -0.2) is 49.0 Å². The van der Waals surface area contributed by atoms with E-state index in [0.717, 1.165) is 0 Å². The lowest BCUT2D eigenvalue weighted by Crippen LogP contribution is -2.36. The molecule has 2 aromatic carbocycles. The number of halogens is 1. The Balaban J connectivity index is 1.44. The van der Waals surface area contributed by atoms with Gasteiger partial charge in [-0.2, -0.15) is 4.98 Å². The lowest BCUT2D eigenvalue weighted by Gasteiger charge is -2.14. The van der Waals surface area contributed by atoms with Gasteiger partial charge in [-0.25, -0.2) is 17.5 Å². The maximum absolute atomic E-state index is 13.1. The number of sulfonamides is 1. The second-order valence-corrected chi connectivity index (χ2v) is 9.39. The summed E-state index contributed by atoms with van der Waals surface area (Å²) in [4.78, 5) is 17.6. The molecule has 1 amide bonds. The predicted octanol–water partition coefficient (Wildman–Crippen LogP) is 2.56. The minimum Gasteiger partial charge on any atom is -0.337 e. The molecule has 3 aromatic rings. The molecule has 9 nitrogen and oxygen atoms in total. The highest BCUT2D eigenvalue weighted by Crippen LogP contribution is 2.31. The molecular formula is C21H22FN5O4S. The van der Waals surface area contributed by atoms with E-state index in [0.29, 0.717) is 35.9 Å². The van der Waals surface area contributed by atoms with Crippen molar-refractivity contribution in [2.24, 2.45) is 0 Å². The molecule has 2 N–H and O–H groups in total. The van der Waals surface area contributed by atoms with Gasteiger partial charge in [0, 0.05) is 30.8 Å². The van der Waals surface area contributed by atoms with Crippen LogP contribution in [-0.2, 0) is 14.8 Å². The number of hydrogen-bond acceptors (Lipinski definition) is 7. The standard InChI is InChI=1S/C21H22FN5O4S/c1-13(28)23-16-7-9-18(10-8-16)32(29,30)26-17-11-19(27(2)12-17)21-24-20(25-31-21)14-3-5-15(22)6-4-14/h3-10,17,19,26H,11-12H2,1-2H3,(H,23,28)/t17-,19+/m1/s1. The Bertz CT molecular complexity index is 1210. The highest BCUT2D eigenvalue weighted by molar-refractivity contribution is 7.89. The Kier molecular flexibility index (Phi) is 6.04. The van der Waals surface area contributed by atoms with E-state index in [1.165, 1.54) is 43.3 Å². The van der Waals surface area contributed by atoms with Crippen LogP contribution in [0.5, 0.6) is 0 Å². The van der Waals surface area contributed by atoms with Gasteiger partial charge in [-0.1, -0.05) is 5.16 Å².